The van der Waals surface area contributed by atoms with Crippen LogP contribution in [0.15, 0.2) is 10.7 Å². The number of rotatable bonds is 2. The monoisotopic (exact) mass is 196 g/mol. The lowest BCUT2D eigenvalue weighted by Crippen LogP contribution is -2.39. The van der Waals surface area contributed by atoms with Crippen LogP contribution >= 0.6 is 0 Å². The van der Waals surface area contributed by atoms with Crippen LogP contribution in [-0.4, -0.2) is 24.2 Å². The molecule has 2 N–H and O–H groups in total. The van der Waals surface area contributed by atoms with E-state index < -0.39 is 0 Å². The highest BCUT2D eigenvalue weighted by Crippen LogP contribution is 2.17. The summed E-state index contributed by atoms with van der Waals surface area (Å²) in [6.07, 6.45) is 3.51. The largest absolute Gasteiger partial charge is 0.449 e. The van der Waals surface area contributed by atoms with E-state index in [4.69, 9.17) is 14.9 Å². The van der Waals surface area contributed by atoms with Crippen molar-refractivity contribution in [2.45, 2.75) is 25.8 Å². The number of hydrogen-bond acceptors (Lipinski definition) is 4. The van der Waals surface area contributed by atoms with Gasteiger partial charge in [-0.3, -0.25) is 0 Å². The fraction of sp³-hybridized carbons (Fsp3) is 0.700. The Morgan fingerprint density at radius 2 is 2.50 bits per heavy atom. The molecular weight excluding hydrogens is 180 g/mol. The molecule has 1 fully saturated rings. The Labute approximate surface area is 83.4 Å². The normalized spacial score (nSPS) is 27.9. The molecule has 78 valence electrons. The number of ether oxygens (including phenoxy) is 1. The molecule has 2 rings (SSSR count). The van der Waals surface area contributed by atoms with Crippen molar-refractivity contribution in [1.29, 1.82) is 0 Å². The van der Waals surface area contributed by atoms with Crippen LogP contribution in [0.5, 0.6) is 0 Å². The second kappa shape index (κ2) is 4.11. The molecule has 1 aliphatic heterocycles. The van der Waals surface area contributed by atoms with Gasteiger partial charge in [0.05, 0.1) is 12.3 Å². The summed E-state index contributed by atoms with van der Waals surface area (Å²) >= 11 is 0. The van der Waals surface area contributed by atoms with Crippen molar-refractivity contribution in [1.82, 2.24) is 4.98 Å². The van der Waals surface area contributed by atoms with Gasteiger partial charge >= 0.3 is 0 Å². The minimum Gasteiger partial charge on any atom is -0.449 e. The lowest BCUT2D eigenvalue weighted by Gasteiger charge is -2.27. The smallest absolute Gasteiger partial charge is 0.191 e. The molecule has 0 bridgehead atoms. The third kappa shape index (κ3) is 2.13. The highest BCUT2D eigenvalue weighted by Gasteiger charge is 2.23. The molecule has 0 spiro atoms. The number of nitrogens with zero attached hydrogens (tertiary/aromatic N) is 1. The van der Waals surface area contributed by atoms with E-state index in [1.54, 1.807) is 6.26 Å². The predicted molar refractivity (Wildman–Crippen MR) is 51.8 cm³/mol. The first-order valence-electron chi connectivity index (χ1n) is 5.00. The summed E-state index contributed by atoms with van der Waals surface area (Å²) in [7, 11) is 0. The molecule has 4 heteroatoms. The maximum Gasteiger partial charge on any atom is 0.191 e. The Bertz CT molecular complexity index is 298. The highest BCUT2D eigenvalue weighted by molar-refractivity contribution is 4.98. The molecule has 1 aliphatic rings. The number of oxazole rings is 1. The Hall–Kier alpha value is -0.870. The summed E-state index contributed by atoms with van der Waals surface area (Å²) in [6, 6.07) is 0.237. The van der Waals surface area contributed by atoms with Crippen LogP contribution in [0.25, 0.3) is 0 Å². The summed E-state index contributed by atoms with van der Waals surface area (Å²) in [4.78, 5) is 4.26. The maximum atomic E-state index is 6.00. The van der Waals surface area contributed by atoms with Gasteiger partial charge in [0.1, 0.15) is 6.26 Å². The SMILES string of the molecule is Cc1nc(CC2COCCC2N)co1. The summed E-state index contributed by atoms with van der Waals surface area (Å²) < 4.78 is 10.5. The van der Waals surface area contributed by atoms with Gasteiger partial charge in [0.25, 0.3) is 0 Å². The minimum atomic E-state index is 0.237. The van der Waals surface area contributed by atoms with Crippen molar-refractivity contribution in [3.8, 4) is 0 Å². The molecule has 0 aromatic carbocycles. The lowest BCUT2D eigenvalue weighted by molar-refractivity contribution is 0.0419. The quantitative estimate of drug-likeness (QED) is 0.763. The third-order valence-electron chi connectivity index (χ3n) is 2.67. The molecule has 2 unspecified atom stereocenters. The predicted octanol–water partition coefficient (Wildman–Crippen LogP) is 0.889. The van der Waals surface area contributed by atoms with E-state index in [9.17, 15) is 0 Å². The third-order valence-corrected chi connectivity index (χ3v) is 2.67. The van der Waals surface area contributed by atoms with Crippen LogP contribution in [0, 0.1) is 12.8 Å². The second-order valence-electron chi connectivity index (χ2n) is 3.85. The molecule has 2 atom stereocenters. The summed E-state index contributed by atoms with van der Waals surface area (Å²) in [5.74, 6) is 1.10. The van der Waals surface area contributed by atoms with Crippen molar-refractivity contribution in [3.63, 3.8) is 0 Å². The summed E-state index contributed by atoms with van der Waals surface area (Å²) in [5.41, 5.74) is 6.98. The fourth-order valence-corrected chi connectivity index (χ4v) is 1.79. The van der Waals surface area contributed by atoms with E-state index in [0.29, 0.717) is 11.8 Å². The molecule has 14 heavy (non-hydrogen) atoms. The first-order valence-corrected chi connectivity index (χ1v) is 5.00. The molecule has 2 heterocycles. The van der Waals surface area contributed by atoms with Crippen LogP contribution in [0.3, 0.4) is 0 Å². The average Bonchev–Trinajstić information content (AvgIpc) is 2.56. The minimum absolute atomic E-state index is 0.237. The standard InChI is InChI=1S/C10H16N2O2/c1-7-12-9(6-14-7)4-8-5-13-3-2-10(8)11/h6,8,10H,2-5,11H2,1H3. The topological polar surface area (TPSA) is 61.3 Å². The van der Waals surface area contributed by atoms with E-state index >= 15 is 0 Å². The van der Waals surface area contributed by atoms with Crippen LogP contribution in [0.4, 0.5) is 0 Å². The van der Waals surface area contributed by atoms with Gasteiger partial charge in [-0.05, 0) is 12.8 Å². The first kappa shape index (κ1) is 9.68. The molecular formula is C10H16N2O2. The molecule has 0 aliphatic carbocycles. The lowest BCUT2D eigenvalue weighted by atomic mass is 9.92. The zero-order valence-corrected chi connectivity index (χ0v) is 8.40. The Kier molecular flexibility index (Phi) is 2.84. The molecule has 0 radical (unpaired) electrons. The van der Waals surface area contributed by atoms with Gasteiger partial charge in [-0.15, -0.1) is 0 Å². The Morgan fingerprint density at radius 3 is 3.14 bits per heavy atom. The van der Waals surface area contributed by atoms with Crippen LogP contribution in [0.2, 0.25) is 0 Å². The zero-order valence-electron chi connectivity index (χ0n) is 8.40. The van der Waals surface area contributed by atoms with Crippen molar-refractivity contribution >= 4 is 0 Å². The van der Waals surface area contributed by atoms with Crippen molar-refractivity contribution in [2.24, 2.45) is 11.7 Å². The number of aryl methyl sites for hydroxylation is 1. The molecule has 1 aromatic rings. The zero-order chi connectivity index (χ0) is 9.97. The molecule has 0 amide bonds. The molecule has 4 nitrogen and oxygen atoms in total. The van der Waals surface area contributed by atoms with E-state index in [1.165, 1.54) is 0 Å². The summed E-state index contributed by atoms with van der Waals surface area (Å²) in [6.45, 7) is 3.38. The van der Waals surface area contributed by atoms with Crippen LogP contribution < -0.4 is 5.73 Å². The fourth-order valence-electron chi connectivity index (χ4n) is 1.79. The van der Waals surface area contributed by atoms with Crippen molar-refractivity contribution in [2.75, 3.05) is 13.2 Å². The molecule has 1 saturated heterocycles. The Balaban J connectivity index is 1.95. The van der Waals surface area contributed by atoms with Crippen molar-refractivity contribution < 1.29 is 9.15 Å². The molecule has 1 aromatic heterocycles. The van der Waals surface area contributed by atoms with E-state index in [0.717, 1.165) is 31.7 Å². The van der Waals surface area contributed by atoms with Gasteiger partial charge in [0.2, 0.25) is 0 Å². The summed E-state index contributed by atoms with van der Waals surface area (Å²) in [5, 5.41) is 0. The van der Waals surface area contributed by atoms with Gasteiger partial charge in [-0.25, -0.2) is 4.98 Å². The van der Waals surface area contributed by atoms with E-state index in [2.05, 4.69) is 4.98 Å². The van der Waals surface area contributed by atoms with Gasteiger partial charge in [-0.1, -0.05) is 0 Å². The van der Waals surface area contributed by atoms with Crippen LogP contribution in [-0.2, 0) is 11.2 Å². The molecule has 0 saturated carbocycles. The van der Waals surface area contributed by atoms with Gasteiger partial charge in [-0.2, -0.15) is 0 Å². The van der Waals surface area contributed by atoms with Crippen molar-refractivity contribution in [3.05, 3.63) is 17.8 Å². The van der Waals surface area contributed by atoms with Crippen LogP contribution in [0.1, 0.15) is 18.0 Å². The number of hydrogen-bond donors (Lipinski definition) is 1. The van der Waals surface area contributed by atoms with Gasteiger partial charge in [0.15, 0.2) is 5.89 Å². The van der Waals surface area contributed by atoms with Gasteiger partial charge < -0.3 is 14.9 Å². The highest BCUT2D eigenvalue weighted by atomic mass is 16.5. The maximum absolute atomic E-state index is 6.00. The number of nitrogens with two attached hydrogens (primary N) is 1. The first-order chi connectivity index (χ1) is 6.75. The van der Waals surface area contributed by atoms with E-state index in [-0.39, 0.29) is 6.04 Å². The average molecular weight is 196 g/mol. The second-order valence-corrected chi connectivity index (χ2v) is 3.85. The Morgan fingerprint density at radius 1 is 1.64 bits per heavy atom. The van der Waals surface area contributed by atoms with E-state index in [1.807, 2.05) is 6.92 Å². The number of aromatic nitrogens is 1. The van der Waals surface area contributed by atoms with Gasteiger partial charge in [0, 0.05) is 25.5 Å².